The fraction of sp³-hybridized carbons (Fsp3) is 0.700. The zero-order valence-electron chi connectivity index (χ0n) is 9.00. The smallest absolute Gasteiger partial charge is 0.138 e. The van der Waals surface area contributed by atoms with Gasteiger partial charge in [0.2, 0.25) is 0 Å². The van der Waals surface area contributed by atoms with Crippen LogP contribution >= 0.6 is 0 Å². The molecule has 1 rings (SSSR count). The van der Waals surface area contributed by atoms with Crippen molar-refractivity contribution in [3.63, 3.8) is 0 Å². The maximum atomic E-state index is 8.92. The van der Waals surface area contributed by atoms with Gasteiger partial charge in [-0.1, -0.05) is 13.8 Å². The fourth-order valence-electron chi connectivity index (χ4n) is 1.64. The van der Waals surface area contributed by atoms with Crippen molar-refractivity contribution in [2.45, 2.75) is 38.9 Å². The van der Waals surface area contributed by atoms with Crippen LogP contribution in [0.3, 0.4) is 0 Å². The van der Waals surface area contributed by atoms with Gasteiger partial charge in [-0.05, 0) is 12.8 Å². The van der Waals surface area contributed by atoms with Gasteiger partial charge in [-0.15, -0.1) is 0 Å². The number of rotatable bonds is 5. The average molecular weight is 198 g/mol. The monoisotopic (exact) mass is 198 g/mol. The number of hydrogen-bond acceptors (Lipinski definition) is 3. The first-order valence-corrected chi connectivity index (χ1v) is 4.92. The SMILES string of the molecule is CCC(CC)(OC)c1ncc(CO)[nH]1. The van der Waals surface area contributed by atoms with Crippen LogP contribution in [0.25, 0.3) is 0 Å². The highest BCUT2D eigenvalue weighted by Gasteiger charge is 2.30. The predicted octanol–water partition coefficient (Wildman–Crippen LogP) is 1.56. The van der Waals surface area contributed by atoms with E-state index in [0.717, 1.165) is 24.4 Å². The lowest BCUT2D eigenvalue weighted by atomic mass is 9.96. The number of methoxy groups -OCH3 is 1. The van der Waals surface area contributed by atoms with Gasteiger partial charge in [-0.25, -0.2) is 4.98 Å². The second kappa shape index (κ2) is 4.57. The molecule has 0 aliphatic rings. The summed E-state index contributed by atoms with van der Waals surface area (Å²) in [5.41, 5.74) is 0.385. The minimum atomic E-state index is -0.340. The van der Waals surface area contributed by atoms with E-state index in [4.69, 9.17) is 9.84 Å². The molecule has 0 amide bonds. The largest absolute Gasteiger partial charge is 0.390 e. The second-order valence-electron chi connectivity index (χ2n) is 3.32. The van der Waals surface area contributed by atoms with Gasteiger partial charge in [0.15, 0.2) is 0 Å². The highest BCUT2D eigenvalue weighted by Crippen LogP contribution is 2.29. The number of H-pyrrole nitrogens is 1. The molecule has 0 spiro atoms. The molecule has 4 nitrogen and oxygen atoms in total. The van der Waals surface area contributed by atoms with E-state index in [9.17, 15) is 0 Å². The number of aromatic amines is 1. The van der Waals surface area contributed by atoms with Gasteiger partial charge in [0.05, 0.1) is 18.5 Å². The molecule has 1 heterocycles. The maximum absolute atomic E-state index is 8.92. The first-order valence-electron chi connectivity index (χ1n) is 4.92. The molecule has 4 heteroatoms. The summed E-state index contributed by atoms with van der Waals surface area (Å²) in [7, 11) is 1.69. The molecule has 0 unspecified atom stereocenters. The van der Waals surface area contributed by atoms with Gasteiger partial charge in [0.25, 0.3) is 0 Å². The van der Waals surface area contributed by atoms with Crippen LogP contribution in [0.2, 0.25) is 0 Å². The van der Waals surface area contributed by atoms with Gasteiger partial charge in [0.1, 0.15) is 11.4 Å². The third-order valence-corrected chi connectivity index (χ3v) is 2.76. The van der Waals surface area contributed by atoms with Crippen molar-refractivity contribution in [1.82, 2.24) is 9.97 Å². The number of ether oxygens (including phenoxy) is 1. The summed E-state index contributed by atoms with van der Waals surface area (Å²) in [5, 5.41) is 8.92. The van der Waals surface area contributed by atoms with Gasteiger partial charge in [-0.3, -0.25) is 0 Å². The average Bonchev–Trinajstić information content (AvgIpc) is 2.71. The van der Waals surface area contributed by atoms with Crippen LogP contribution in [0.15, 0.2) is 6.20 Å². The molecule has 0 atom stereocenters. The third-order valence-electron chi connectivity index (χ3n) is 2.76. The molecular weight excluding hydrogens is 180 g/mol. The van der Waals surface area contributed by atoms with Crippen LogP contribution in [-0.2, 0) is 16.9 Å². The summed E-state index contributed by atoms with van der Waals surface area (Å²) < 4.78 is 5.50. The van der Waals surface area contributed by atoms with Crippen LogP contribution in [0, 0.1) is 0 Å². The van der Waals surface area contributed by atoms with Crippen molar-refractivity contribution < 1.29 is 9.84 Å². The van der Waals surface area contributed by atoms with Crippen LogP contribution in [0.1, 0.15) is 38.2 Å². The lowest BCUT2D eigenvalue weighted by molar-refractivity contribution is -0.0286. The second-order valence-corrected chi connectivity index (χ2v) is 3.32. The van der Waals surface area contributed by atoms with Crippen molar-refractivity contribution in [2.75, 3.05) is 7.11 Å². The Kier molecular flexibility index (Phi) is 3.66. The van der Waals surface area contributed by atoms with Crippen LogP contribution in [0.4, 0.5) is 0 Å². The minimum Gasteiger partial charge on any atom is -0.390 e. The molecule has 2 N–H and O–H groups in total. The quantitative estimate of drug-likeness (QED) is 0.755. The number of aliphatic hydroxyl groups is 1. The Morgan fingerprint density at radius 1 is 1.50 bits per heavy atom. The van der Waals surface area contributed by atoms with E-state index in [1.165, 1.54) is 0 Å². The van der Waals surface area contributed by atoms with E-state index in [2.05, 4.69) is 23.8 Å². The molecule has 0 saturated heterocycles. The Hall–Kier alpha value is -0.870. The van der Waals surface area contributed by atoms with Crippen LogP contribution in [-0.4, -0.2) is 22.2 Å². The third kappa shape index (κ3) is 1.81. The Labute approximate surface area is 84.3 Å². The summed E-state index contributed by atoms with van der Waals surface area (Å²) in [6, 6.07) is 0. The van der Waals surface area contributed by atoms with E-state index in [0.29, 0.717) is 0 Å². The molecule has 0 aliphatic carbocycles. The first kappa shape index (κ1) is 11.2. The standard InChI is InChI=1S/C10H18N2O2/c1-4-10(5-2,14-3)9-11-6-8(7-13)12-9/h6,13H,4-5,7H2,1-3H3,(H,11,12). The number of aliphatic hydroxyl groups excluding tert-OH is 1. The zero-order valence-corrected chi connectivity index (χ0v) is 9.00. The zero-order chi connectivity index (χ0) is 10.6. The lowest BCUT2D eigenvalue weighted by Crippen LogP contribution is -2.28. The number of nitrogens with zero attached hydrogens (tertiary/aromatic N) is 1. The minimum absolute atomic E-state index is 0.0137. The van der Waals surface area contributed by atoms with Crippen LogP contribution in [0.5, 0.6) is 0 Å². The van der Waals surface area contributed by atoms with E-state index >= 15 is 0 Å². The fourth-order valence-corrected chi connectivity index (χ4v) is 1.64. The van der Waals surface area contributed by atoms with E-state index in [1.54, 1.807) is 13.3 Å². The number of imidazole rings is 1. The highest BCUT2D eigenvalue weighted by molar-refractivity contribution is 5.08. The molecule has 1 aromatic rings. The molecule has 80 valence electrons. The summed E-state index contributed by atoms with van der Waals surface area (Å²) in [6.45, 7) is 4.11. The van der Waals surface area contributed by atoms with Crippen LogP contribution < -0.4 is 0 Å². The molecule has 0 aromatic carbocycles. The van der Waals surface area contributed by atoms with Gasteiger partial charge in [0, 0.05) is 7.11 Å². The normalized spacial score (nSPS) is 12.0. The Bertz CT molecular complexity index is 271. The van der Waals surface area contributed by atoms with E-state index < -0.39 is 0 Å². The van der Waals surface area contributed by atoms with Crippen molar-refractivity contribution in [3.05, 3.63) is 17.7 Å². The molecular formula is C10H18N2O2. The van der Waals surface area contributed by atoms with E-state index in [-0.39, 0.29) is 12.2 Å². The molecule has 14 heavy (non-hydrogen) atoms. The summed E-state index contributed by atoms with van der Waals surface area (Å²) in [6.07, 6.45) is 3.37. The molecule has 0 saturated carbocycles. The van der Waals surface area contributed by atoms with Crippen molar-refractivity contribution in [1.29, 1.82) is 0 Å². The Balaban J connectivity index is 2.98. The number of nitrogens with one attached hydrogen (secondary N) is 1. The summed E-state index contributed by atoms with van der Waals surface area (Å²) in [4.78, 5) is 7.30. The van der Waals surface area contributed by atoms with Gasteiger partial charge in [-0.2, -0.15) is 0 Å². The van der Waals surface area contributed by atoms with Crippen molar-refractivity contribution in [3.8, 4) is 0 Å². The molecule has 1 aromatic heterocycles. The Morgan fingerprint density at radius 2 is 2.14 bits per heavy atom. The number of aromatic nitrogens is 2. The summed E-state index contributed by atoms with van der Waals surface area (Å²) >= 11 is 0. The van der Waals surface area contributed by atoms with Crippen molar-refractivity contribution >= 4 is 0 Å². The lowest BCUT2D eigenvalue weighted by Gasteiger charge is -2.27. The maximum Gasteiger partial charge on any atom is 0.138 e. The van der Waals surface area contributed by atoms with E-state index in [1.807, 2.05) is 0 Å². The Morgan fingerprint density at radius 3 is 2.50 bits per heavy atom. The topological polar surface area (TPSA) is 58.1 Å². The van der Waals surface area contributed by atoms with Gasteiger partial charge < -0.3 is 14.8 Å². The van der Waals surface area contributed by atoms with Crippen molar-refractivity contribution in [2.24, 2.45) is 0 Å². The molecule has 0 fully saturated rings. The first-order chi connectivity index (χ1) is 6.72. The molecule has 0 aliphatic heterocycles. The predicted molar refractivity (Wildman–Crippen MR) is 53.8 cm³/mol. The highest BCUT2D eigenvalue weighted by atomic mass is 16.5. The molecule has 0 bridgehead atoms. The van der Waals surface area contributed by atoms with Gasteiger partial charge >= 0.3 is 0 Å². The number of hydrogen-bond donors (Lipinski definition) is 2. The molecule has 0 radical (unpaired) electrons. The summed E-state index contributed by atoms with van der Waals surface area (Å²) in [5.74, 6) is 0.800.